The average molecular weight is 244 g/mol. The second kappa shape index (κ2) is 5.40. The molecule has 0 aliphatic heterocycles. The minimum Gasteiger partial charge on any atom is -0.466 e. The zero-order chi connectivity index (χ0) is 13.0. The summed E-state index contributed by atoms with van der Waals surface area (Å²) in [6.07, 6.45) is 3.65. The lowest BCUT2D eigenvalue weighted by Gasteiger charge is -2.25. The van der Waals surface area contributed by atoms with Gasteiger partial charge < -0.3 is 9.15 Å². The molecule has 0 amide bonds. The van der Waals surface area contributed by atoms with Crippen LogP contribution in [0.5, 0.6) is 0 Å². The molecule has 2 rings (SSSR count). The summed E-state index contributed by atoms with van der Waals surface area (Å²) in [5, 5.41) is 0. The van der Waals surface area contributed by atoms with Gasteiger partial charge in [0.05, 0.1) is 6.26 Å². The van der Waals surface area contributed by atoms with Gasteiger partial charge in [0, 0.05) is 7.11 Å². The minimum atomic E-state index is -0.357. The molecule has 0 aliphatic rings. The van der Waals surface area contributed by atoms with Crippen molar-refractivity contribution in [3.8, 4) is 0 Å². The van der Waals surface area contributed by atoms with Gasteiger partial charge >= 0.3 is 0 Å². The molecule has 1 aromatic carbocycles. The van der Waals surface area contributed by atoms with Gasteiger partial charge in [0.2, 0.25) is 0 Å². The number of ether oxygens (including phenoxy) is 1. The molecule has 1 unspecified atom stereocenters. The highest BCUT2D eigenvalue weighted by atomic mass is 16.5. The highest BCUT2D eigenvalue weighted by molar-refractivity contribution is 5.19. The second-order valence-electron chi connectivity index (χ2n) is 4.91. The van der Waals surface area contributed by atoms with Crippen molar-refractivity contribution in [3.05, 3.63) is 59.5 Å². The molecule has 0 spiro atoms. The molecule has 2 heteroatoms. The molecule has 2 nitrogen and oxygen atoms in total. The van der Waals surface area contributed by atoms with Crippen LogP contribution in [0.25, 0.3) is 0 Å². The van der Waals surface area contributed by atoms with Gasteiger partial charge in [-0.05, 0) is 43.9 Å². The van der Waals surface area contributed by atoms with Gasteiger partial charge in [-0.2, -0.15) is 0 Å². The smallest absolute Gasteiger partial charge is 0.135 e. The van der Waals surface area contributed by atoms with E-state index in [0.29, 0.717) is 0 Å². The fourth-order valence-corrected chi connectivity index (χ4v) is 2.06. The van der Waals surface area contributed by atoms with Crippen molar-refractivity contribution in [1.29, 1.82) is 0 Å². The summed E-state index contributed by atoms with van der Waals surface area (Å²) in [7, 11) is 1.74. The summed E-state index contributed by atoms with van der Waals surface area (Å²) < 4.78 is 11.2. The van der Waals surface area contributed by atoms with E-state index in [1.54, 1.807) is 13.4 Å². The first-order valence-electron chi connectivity index (χ1n) is 6.29. The molecule has 2 aromatic rings. The van der Waals surface area contributed by atoms with E-state index in [1.165, 1.54) is 5.56 Å². The van der Waals surface area contributed by atoms with Crippen LogP contribution in [0.15, 0.2) is 47.1 Å². The fraction of sp³-hybridized carbons (Fsp3) is 0.375. The highest BCUT2D eigenvalue weighted by Crippen LogP contribution is 2.31. The number of hydrogen-bond acceptors (Lipinski definition) is 2. The Morgan fingerprint density at radius 1 is 1.22 bits per heavy atom. The lowest BCUT2D eigenvalue weighted by atomic mass is 9.94. The molecular formula is C16H20O2. The zero-order valence-electron chi connectivity index (χ0n) is 11.3. The molecule has 0 N–H and O–H groups in total. The van der Waals surface area contributed by atoms with Gasteiger partial charge in [0.25, 0.3) is 0 Å². The van der Waals surface area contributed by atoms with E-state index in [4.69, 9.17) is 9.15 Å². The normalized spacial score (nSPS) is 14.4. The SMILES string of the molecule is COC(C)(CCc1ccccc1)c1cc(C)co1. The van der Waals surface area contributed by atoms with E-state index < -0.39 is 0 Å². The first-order chi connectivity index (χ1) is 8.64. The lowest BCUT2D eigenvalue weighted by Crippen LogP contribution is -2.24. The third kappa shape index (κ3) is 2.82. The van der Waals surface area contributed by atoms with Gasteiger partial charge in [-0.3, -0.25) is 0 Å². The van der Waals surface area contributed by atoms with Crippen LogP contribution < -0.4 is 0 Å². The molecule has 0 saturated carbocycles. The van der Waals surface area contributed by atoms with E-state index in [-0.39, 0.29) is 5.60 Å². The molecule has 0 aliphatic carbocycles. The molecule has 96 valence electrons. The average Bonchev–Trinajstić information content (AvgIpc) is 2.84. The van der Waals surface area contributed by atoms with E-state index in [9.17, 15) is 0 Å². The summed E-state index contributed by atoms with van der Waals surface area (Å²) >= 11 is 0. The van der Waals surface area contributed by atoms with Gasteiger partial charge in [0.1, 0.15) is 11.4 Å². The Balaban J connectivity index is 2.09. The summed E-state index contributed by atoms with van der Waals surface area (Å²) in [4.78, 5) is 0. The predicted octanol–water partition coefficient (Wildman–Crippen LogP) is 4.08. The Kier molecular flexibility index (Phi) is 3.87. The second-order valence-corrected chi connectivity index (χ2v) is 4.91. The van der Waals surface area contributed by atoms with Gasteiger partial charge in [-0.15, -0.1) is 0 Å². The van der Waals surface area contributed by atoms with E-state index in [2.05, 4.69) is 37.3 Å². The highest BCUT2D eigenvalue weighted by Gasteiger charge is 2.29. The lowest BCUT2D eigenvalue weighted by molar-refractivity contribution is -0.0226. The molecule has 0 fully saturated rings. The largest absolute Gasteiger partial charge is 0.466 e. The standard InChI is InChI=1S/C16H20O2/c1-13-11-15(18-12-13)16(2,17-3)10-9-14-7-5-4-6-8-14/h4-8,11-12H,9-10H2,1-3H3. The van der Waals surface area contributed by atoms with Crippen LogP contribution >= 0.6 is 0 Å². The molecule has 0 saturated heterocycles. The van der Waals surface area contributed by atoms with Gasteiger partial charge in [-0.25, -0.2) is 0 Å². The maximum absolute atomic E-state index is 5.67. The van der Waals surface area contributed by atoms with Gasteiger partial charge in [-0.1, -0.05) is 30.3 Å². The molecule has 0 bridgehead atoms. The number of hydrogen-bond donors (Lipinski definition) is 0. The topological polar surface area (TPSA) is 22.4 Å². The number of benzene rings is 1. The van der Waals surface area contributed by atoms with Crippen LogP contribution in [0.1, 0.15) is 30.2 Å². The molecule has 1 aromatic heterocycles. The Morgan fingerprint density at radius 3 is 2.50 bits per heavy atom. The van der Waals surface area contributed by atoms with Crippen molar-refractivity contribution in [2.45, 2.75) is 32.3 Å². The Hall–Kier alpha value is -1.54. The molecule has 18 heavy (non-hydrogen) atoms. The summed E-state index contributed by atoms with van der Waals surface area (Å²) in [6, 6.07) is 12.5. The molecule has 1 atom stereocenters. The first kappa shape index (κ1) is 12.9. The Labute approximate surface area is 109 Å². The maximum atomic E-state index is 5.67. The molecular weight excluding hydrogens is 224 g/mol. The molecule has 0 radical (unpaired) electrons. The summed E-state index contributed by atoms with van der Waals surface area (Å²) in [6.45, 7) is 4.11. The van der Waals surface area contributed by atoms with E-state index in [0.717, 1.165) is 24.2 Å². The van der Waals surface area contributed by atoms with Crippen molar-refractivity contribution in [3.63, 3.8) is 0 Å². The molecule has 1 heterocycles. The van der Waals surface area contributed by atoms with Gasteiger partial charge in [0.15, 0.2) is 0 Å². The van der Waals surface area contributed by atoms with Crippen LogP contribution in [0.3, 0.4) is 0 Å². The Bertz CT molecular complexity index is 487. The van der Waals surface area contributed by atoms with Crippen molar-refractivity contribution < 1.29 is 9.15 Å². The van der Waals surface area contributed by atoms with Crippen molar-refractivity contribution >= 4 is 0 Å². The van der Waals surface area contributed by atoms with Crippen LogP contribution in [-0.2, 0) is 16.8 Å². The number of furan rings is 1. The predicted molar refractivity (Wildman–Crippen MR) is 72.6 cm³/mol. The van der Waals surface area contributed by atoms with Crippen LogP contribution in [0, 0.1) is 6.92 Å². The third-order valence-electron chi connectivity index (χ3n) is 3.44. The van der Waals surface area contributed by atoms with Crippen molar-refractivity contribution in [2.75, 3.05) is 7.11 Å². The van der Waals surface area contributed by atoms with E-state index in [1.807, 2.05) is 13.0 Å². The summed E-state index contributed by atoms with van der Waals surface area (Å²) in [5.74, 6) is 0.901. The summed E-state index contributed by atoms with van der Waals surface area (Å²) in [5.41, 5.74) is 2.10. The monoisotopic (exact) mass is 244 g/mol. The number of aryl methyl sites for hydroxylation is 2. The zero-order valence-corrected chi connectivity index (χ0v) is 11.3. The fourth-order valence-electron chi connectivity index (χ4n) is 2.06. The van der Waals surface area contributed by atoms with Crippen LogP contribution in [0.2, 0.25) is 0 Å². The number of methoxy groups -OCH3 is 1. The van der Waals surface area contributed by atoms with Crippen LogP contribution in [-0.4, -0.2) is 7.11 Å². The van der Waals surface area contributed by atoms with E-state index >= 15 is 0 Å². The van der Waals surface area contributed by atoms with Crippen molar-refractivity contribution in [1.82, 2.24) is 0 Å². The number of rotatable bonds is 5. The maximum Gasteiger partial charge on any atom is 0.135 e. The van der Waals surface area contributed by atoms with Crippen molar-refractivity contribution in [2.24, 2.45) is 0 Å². The Morgan fingerprint density at radius 2 is 1.94 bits per heavy atom. The quantitative estimate of drug-likeness (QED) is 0.790. The van der Waals surface area contributed by atoms with Crippen LogP contribution in [0.4, 0.5) is 0 Å². The third-order valence-corrected chi connectivity index (χ3v) is 3.44. The first-order valence-corrected chi connectivity index (χ1v) is 6.29. The minimum absolute atomic E-state index is 0.357.